The Morgan fingerprint density at radius 1 is 0.667 bits per heavy atom. The second-order valence-electron chi connectivity index (χ2n) is 4.56. The van der Waals surface area contributed by atoms with Crippen molar-refractivity contribution in [3.63, 3.8) is 0 Å². The van der Waals surface area contributed by atoms with E-state index in [9.17, 15) is 4.79 Å². The normalized spacial score (nSPS) is 22.3. The molecule has 0 unspecified atom stereocenters. The van der Waals surface area contributed by atoms with E-state index in [0.717, 1.165) is 25.7 Å². The van der Waals surface area contributed by atoms with Gasteiger partial charge in [-0.05, 0) is 38.5 Å². The van der Waals surface area contributed by atoms with Crippen molar-refractivity contribution in [2.45, 2.75) is 70.6 Å². The summed E-state index contributed by atoms with van der Waals surface area (Å²) in [5.74, 6) is 0.489. The van der Waals surface area contributed by atoms with Gasteiger partial charge in [0.1, 0.15) is 5.78 Å². The molecular formula is C14H24O. The fraction of sp³-hybridized carbons (Fsp3) is 0.786. The van der Waals surface area contributed by atoms with Crippen molar-refractivity contribution in [2.24, 2.45) is 0 Å². The summed E-state index contributed by atoms with van der Waals surface area (Å²) in [6.07, 6.45) is 17.2. The van der Waals surface area contributed by atoms with Crippen LogP contribution in [-0.4, -0.2) is 5.78 Å². The van der Waals surface area contributed by atoms with Crippen molar-refractivity contribution in [1.82, 2.24) is 0 Å². The molecule has 0 amide bonds. The SMILES string of the molecule is O=C1CCCCCC=CCCCCCC1. The molecule has 0 aromatic rings. The Hall–Kier alpha value is -0.590. The molecule has 86 valence electrons. The first-order valence-corrected chi connectivity index (χ1v) is 6.56. The Morgan fingerprint density at radius 2 is 1.13 bits per heavy atom. The molecular weight excluding hydrogens is 184 g/mol. The third-order valence-electron chi connectivity index (χ3n) is 3.07. The maximum Gasteiger partial charge on any atom is 0.132 e. The van der Waals surface area contributed by atoms with Gasteiger partial charge in [-0.1, -0.05) is 31.4 Å². The van der Waals surface area contributed by atoms with E-state index < -0.39 is 0 Å². The lowest BCUT2D eigenvalue weighted by Crippen LogP contribution is -1.97. The van der Waals surface area contributed by atoms with Gasteiger partial charge in [0.15, 0.2) is 0 Å². The Labute approximate surface area is 93.9 Å². The highest BCUT2D eigenvalue weighted by Gasteiger charge is 2.01. The zero-order chi connectivity index (χ0) is 10.8. The monoisotopic (exact) mass is 208 g/mol. The van der Waals surface area contributed by atoms with Crippen molar-refractivity contribution in [1.29, 1.82) is 0 Å². The summed E-state index contributed by atoms with van der Waals surface area (Å²) in [5, 5.41) is 0. The van der Waals surface area contributed by atoms with Gasteiger partial charge in [-0.3, -0.25) is 4.79 Å². The van der Waals surface area contributed by atoms with E-state index in [4.69, 9.17) is 0 Å². The highest BCUT2D eigenvalue weighted by molar-refractivity contribution is 5.78. The minimum Gasteiger partial charge on any atom is -0.300 e. The van der Waals surface area contributed by atoms with E-state index in [1.807, 2.05) is 0 Å². The predicted molar refractivity (Wildman–Crippen MR) is 64.9 cm³/mol. The van der Waals surface area contributed by atoms with Gasteiger partial charge in [-0.25, -0.2) is 0 Å². The number of hydrogen-bond donors (Lipinski definition) is 0. The zero-order valence-corrected chi connectivity index (χ0v) is 9.84. The van der Waals surface area contributed by atoms with Gasteiger partial charge < -0.3 is 0 Å². The fourth-order valence-corrected chi connectivity index (χ4v) is 2.06. The van der Waals surface area contributed by atoms with Crippen LogP contribution in [-0.2, 0) is 4.79 Å². The maximum atomic E-state index is 11.4. The van der Waals surface area contributed by atoms with Gasteiger partial charge >= 0.3 is 0 Å². The van der Waals surface area contributed by atoms with Crippen molar-refractivity contribution < 1.29 is 4.79 Å². The van der Waals surface area contributed by atoms with Crippen LogP contribution in [0.5, 0.6) is 0 Å². The molecule has 0 saturated carbocycles. The van der Waals surface area contributed by atoms with Crippen LogP contribution in [0.15, 0.2) is 12.2 Å². The smallest absolute Gasteiger partial charge is 0.132 e. The quantitative estimate of drug-likeness (QED) is 0.539. The molecule has 0 aliphatic heterocycles. The first-order valence-electron chi connectivity index (χ1n) is 6.56. The summed E-state index contributed by atoms with van der Waals surface area (Å²) < 4.78 is 0. The third kappa shape index (κ3) is 7.35. The predicted octanol–water partition coefficient (Wildman–Crippen LogP) is 4.42. The highest BCUT2D eigenvalue weighted by atomic mass is 16.1. The van der Waals surface area contributed by atoms with E-state index in [-0.39, 0.29) is 0 Å². The average Bonchev–Trinajstić information content (AvgIpc) is 2.24. The number of carbonyl (C=O) groups excluding carboxylic acids is 1. The van der Waals surface area contributed by atoms with Crippen LogP contribution in [0.4, 0.5) is 0 Å². The van der Waals surface area contributed by atoms with E-state index in [1.165, 1.54) is 44.9 Å². The van der Waals surface area contributed by atoms with Crippen molar-refractivity contribution in [3.05, 3.63) is 12.2 Å². The molecule has 1 aliphatic carbocycles. The first kappa shape index (κ1) is 12.5. The summed E-state index contributed by atoms with van der Waals surface area (Å²) in [6, 6.07) is 0. The number of hydrogen-bond acceptors (Lipinski definition) is 1. The van der Waals surface area contributed by atoms with Gasteiger partial charge in [0.2, 0.25) is 0 Å². The van der Waals surface area contributed by atoms with Gasteiger partial charge in [0.05, 0.1) is 0 Å². The first-order chi connectivity index (χ1) is 7.39. The molecule has 0 spiro atoms. The largest absolute Gasteiger partial charge is 0.300 e. The number of Topliss-reactive ketones (excluding diaryl/α,β-unsaturated/α-hetero) is 1. The van der Waals surface area contributed by atoms with E-state index >= 15 is 0 Å². The van der Waals surface area contributed by atoms with Crippen molar-refractivity contribution in [2.75, 3.05) is 0 Å². The lowest BCUT2D eigenvalue weighted by molar-refractivity contribution is -0.119. The molecule has 0 atom stereocenters. The van der Waals surface area contributed by atoms with Gasteiger partial charge in [-0.2, -0.15) is 0 Å². The molecule has 1 nitrogen and oxygen atoms in total. The summed E-state index contributed by atoms with van der Waals surface area (Å²) in [5.41, 5.74) is 0. The highest BCUT2D eigenvalue weighted by Crippen LogP contribution is 2.11. The number of rotatable bonds is 0. The summed E-state index contributed by atoms with van der Waals surface area (Å²) in [4.78, 5) is 11.4. The zero-order valence-electron chi connectivity index (χ0n) is 9.84. The van der Waals surface area contributed by atoms with Crippen LogP contribution in [0.3, 0.4) is 0 Å². The molecule has 15 heavy (non-hydrogen) atoms. The molecule has 1 rings (SSSR count). The molecule has 0 N–H and O–H groups in total. The Balaban J connectivity index is 2.20. The van der Waals surface area contributed by atoms with E-state index in [2.05, 4.69) is 12.2 Å². The Morgan fingerprint density at radius 3 is 1.73 bits per heavy atom. The van der Waals surface area contributed by atoms with Gasteiger partial charge in [0, 0.05) is 12.8 Å². The van der Waals surface area contributed by atoms with Crippen LogP contribution in [0.2, 0.25) is 0 Å². The fourth-order valence-electron chi connectivity index (χ4n) is 2.06. The van der Waals surface area contributed by atoms with E-state index in [1.54, 1.807) is 0 Å². The average molecular weight is 208 g/mol. The summed E-state index contributed by atoms with van der Waals surface area (Å²) in [7, 11) is 0. The molecule has 1 aliphatic rings. The maximum absolute atomic E-state index is 11.4. The summed E-state index contributed by atoms with van der Waals surface area (Å²) >= 11 is 0. The van der Waals surface area contributed by atoms with Crippen LogP contribution >= 0.6 is 0 Å². The van der Waals surface area contributed by atoms with Crippen LogP contribution in [0.1, 0.15) is 70.6 Å². The van der Waals surface area contributed by atoms with Crippen molar-refractivity contribution in [3.8, 4) is 0 Å². The van der Waals surface area contributed by atoms with Crippen molar-refractivity contribution >= 4 is 5.78 Å². The number of allylic oxidation sites excluding steroid dienone is 2. The second kappa shape index (κ2) is 8.70. The van der Waals surface area contributed by atoms with Gasteiger partial charge in [-0.15, -0.1) is 0 Å². The number of ketones is 1. The minimum atomic E-state index is 0.489. The summed E-state index contributed by atoms with van der Waals surface area (Å²) in [6.45, 7) is 0. The topological polar surface area (TPSA) is 17.1 Å². The Kier molecular flexibility index (Phi) is 7.24. The molecule has 0 fully saturated rings. The van der Waals surface area contributed by atoms with Crippen LogP contribution < -0.4 is 0 Å². The molecule has 0 heterocycles. The molecule has 0 aromatic carbocycles. The lowest BCUT2D eigenvalue weighted by atomic mass is 10.0. The Bertz CT molecular complexity index is 194. The number of carbonyl (C=O) groups is 1. The minimum absolute atomic E-state index is 0.489. The lowest BCUT2D eigenvalue weighted by Gasteiger charge is -2.02. The van der Waals surface area contributed by atoms with Gasteiger partial charge in [0.25, 0.3) is 0 Å². The van der Waals surface area contributed by atoms with Crippen LogP contribution in [0, 0.1) is 0 Å². The van der Waals surface area contributed by atoms with E-state index in [0.29, 0.717) is 5.78 Å². The molecule has 0 saturated heterocycles. The molecule has 0 radical (unpaired) electrons. The molecule has 1 heteroatoms. The van der Waals surface area contributed by atoms with Crippen LogP contribution in [0.25, 0.3) is 0 Å². The third-order valence-corrected chi connectivity index (χ3v) is 3.07. The molecule has 0 bridgehead atoms. The second-order valence-corrected chi connectivity index (χ2v) is 4.56. The standard InChI is InChI=1S/C14H24O/c15-14-12-10-8-6-4-2-1-3-5-7-9-11-13-14/h1-2H,3-13H2. The molecule has 0 aromatic heterocycles.